The molecule has 0 bridgehead atoms. The first-order chi connectivity index (χ1) is 20.4. The Bertz CT molecular complexity index is 1760. The van der Waals surface area contributed by atoms with Crippen molar-refractivity contribution < 1.29 is 18.4 Å². The lowest BCUT2D eigenvalue weighted by Crippen LogP contribution is -2.49. The van der Waals surface area contributed by atoms with Crippen LogP contribution >= 0.6 is 11.3 Å². The monoisotopic (exact) mass is 581 g/mol. The molecule has 0 unspecified atom stereocenters. The van der Waals surface area contributed by atoms with E-state index in [1.807, 2.05) is 31.2 Å². The van der Waals surface area contributed by atoms with E-state index in [1.165, 1.54) is 29.5 Å². The van der Waals surface area contributed by atoms with Crippen molar-refractivity contribution in [2.75, 3.05) is 31.1 Å². The summed E-state index contributed by atoms with van der Waals surface area (Å²) in [6.07, 6.45) is 2.06. The zero-order valence-corrected chi connectivity index (χ0v) is 24.0. The average Bonchev–Trinajstić information content (AvgIpc) is 3.35. The van der Waals surface area contributed by atoms with Crippen molar-refractivity contribution in [3.8, 4) is 11.1 Å². The third kappa shape index (κ3) is 5.81. The van der Waals surface area contributed by atoms with E-state index in [4.69, 9.17) is 0 Å². The van der Waals surface area contributed by atoms with Crippen LogP contribution in [0.1, 0.15) is 26.4 Å². The smallest absolute Gasteiger partial charge is 0.227 e. The number of aryl methyl sites for hydroxylation is 1. The highest BCUT2D eigenvalue weighted by atomic mass is 32.1. The molecule has 3 aromatic carbocycles. The van der Waals surface area contributed by atoms with Crippen LogP contribution in [0.25, 0.3) is 21.2 Å². The van der Waals surface area contributed by atoms with Crippen LogP contribution in [0.5, 0.6) is 0 Å². The Morgan fingerprint density at radius 2 is 1.60 bits per heavy atom. The summed E-state index contributed by atoms with van der Waals surface area (Å²) in [5, 5.41) is 1.03. The van der Waals surface area contributed by atoms with Gasteiger partial charge in [0.15, 0.2) is 5.78 Å². The fourth-order valence-electron chi connectivity index (χ4n) is 5.38. The molecule has 1 saturated heterocycles. The summed E-state index contributed by atoms with van der Waals surface area (Å²) in [5.41, 5.74) is 4.12. The molecule has 2 aromatic heterocycles. The second-order valence-electron chi connectivity index (χ2n) is 10.5. The summed E-state index contributed by atoms with van der Waals surface area (Å²) >= 11 is 1.50. The number of halogens is 2. The van der Waals surface area contributed by atoms with E-state index in [1.54, 1.807) is 41.4 Å². The maximum atomic E-state index is 13.9. The van der Waals surface area contributed by atoms with Crippen LogP contribution in [0.15, 0.2) is 85.1 Å². The summed E-state index contributed by atoms with van der Waals surface area (Å²) in [6, 6.07) is 22.7. The first-order valence-electron chi connectivity index (χ1n) is 13.9. The lowest BCUT2D eigenvalue weighted by Gasteiger charge is -2.35. The van der Waals surface area contributed by atoms with Gasteiger partial charge >= 0.3 is 0 Å². The van der Waals surface area contributed by atoms with Crippen molar-refractivity contribution in [1.29, 1.82) is 0 Å². The van der Waals surface area contributed by atoms with Crippen LogP contribution in [0, 0.1) is 18.6 Å². The van der Waals surface area contributed by atoms with E-state index in [2.05, 4.69) is 16.0 Å². The maximum Gasteiger partial charge on any atom is 0.227 e. The summed E-state index contributed by atoms with van der Waals surface area (Å²) < 4.78 is 28.3. The molecule has 5 nitrogen and oxygen atoms in total. The van der Waals surface area contributed by atoms with Crippen molar-refractivity contribution in [3.63, 3.8) is 0 Å². The van der Waals surface area contributed by atoms with Crippen molar-refractivity contribution in [2.45, 2.75) is 19.8 Å². The van der Waals surface area contributed by atoms with Gasteiger partial charge in [-0.2, -0.15) is 0 Å². The predicted molar refractivity (Wildman–Crippen MR) is 163 cm³/mol. The van der Waals surface area contributed by atoms with Crippen LogP contribution < -0.4 is 4.90 Å². The third-order valence-electron chi connectivity index (χ3n) is 7.80. The highest BCUT2D eigenvalue weighted by Crippen LogP contribution is 2.35. The number of carbonyl (C=O) groups is 2. The maximum absolute atomic E-state index is 13.9. The Balaban J connectivity index is 1.07. The van der Waals surface area contributed by atoms with Crippen LogP contribution in [0.3, 0.4) is 0 Å². The second-order valence-corrected chi connectivity index (χ2v) is 11.6. The van der Waals surface area contributed by atoms with Crippen LogP contribution in [-0.4, -0.2) is 47.8 Å². The molecule has 1 aliphatic heterocycles. The second kappa shape index (κ2) is 11.8. The van der Waals surface area contributed by atoms with E-state index in [9.17, 15) is 18.4 Å². The molecule has 42 heavy (non-hydrogen) atoms. The van der Waals surface area contributed by atoms with Crippen molar-refractivity contribution in [1.82, 2.24) is 9.88 Å². The molecule has 3 heterocycles. The molecule has 5 aromatic rings. The molecular formula is C34H29F2N3O2S. The molecule has 8 heteroatoms. The van der Waals surface area contributed by atoms with Gasteiger partial charge in [-0.25, -0.2) is 13.8 Å². The number of piperazine rings is 1. The summed E-state index contributed by atoms with van der Waals surface area (Å²) in [4.78, 5) is 35.2. The molecule has 1 amide bonds. The molecule has 1 fully saturated rings. The van der Waals surface area contributed by atoms with Gasteiger partial charge in [-0.05, 0) is 76.5 Å². The summed E-state index contributed by atoms with van der Waals surface area (Å²) in [5.74, 6) is 0.150. The molecular weight excluding hydrogens is 552 g/mol. The minimum atomic E-state index is -0.356. The van der Waals surface area contributed by atoms with E-state index in [0.717, 1.165) is 43.0 Å². The van der Waals surface area contributed by atoms with Crippen LogP contribution in [0.2, 0.25) is 0 Å². The lowest BCUT2D eigenvalue weighted by molar-refractivity contribution is -0.130. The number of anilines is 1. The number of benzene rings is 3. The van der Waals surface area contributed by atoms with Gasteiger partial charge in [-0.3, -0.25) is 9.59 Å². The minimum absolute atomic E-state index is 0.0496. The predicted octanol–water partition coefficient (Wildman–Crippen LogP) is 6.87. The SMILES string of the molecule is Cc1c(C(=O)Cc2ccc(N3CCN(C(=O)Cc4ccccc4F)CC3)nc2)sc2ccc(-c3ccc(F)cc3)cc12. The normalized spacial score (nSPS) is 13.5. The van der Waals surface area contributed by atoms with Gasteiger partial charge in [0.2, 0.25) is 5.91 Å². The number of thiophene rings is 1. The number of rotatable bonds is 7. The third-order valence-corrected chi connectivity index (χ3v) is 9.11. The molecule has 0 spiro atoms. The number of ketones is 1. The Morgan fingerprint density at radius 3 is 2.31 bits per heavy atom. The molecule has 6 rings (SSSR count). The van der Waals surface area contributed by atoms with Crippen LogP contribution in [-0.2, 0) is 17.6 Å². The number of nitrogens with zero attached hydrogens (tertiary/aromatic N) is 3. The van der Waals surface area contributed by atoms with E-state index >= 15 is 0 Å². The number of fused-ring (bicyclic) bond motifs is 1. The first kappa shape index (κ1) is 27.7. The van der Waals surface area contributed by atoms with Gasteiger partial charge in [0.1, 0.15) is 17.5 Å². The highest BCUT2D eigenvalue weighted by Gasteiger charge is 2.23. The molecule has 212 valence electrons. The number of amides is 1. The standard InChI is InChI=1S/C34H29F2N3O2S/c1-22-28-19-25(24-7-10-27(35)11-8-24)9-12-31(28)42-34(22)30(40)18-23-6-13-32(37-21-23)38-14-16-39(17-15-38)33(41)20-26-4-2-3-5-29(26)36/h2-13,19,21H,14-18,20H2,1H3. The van der Waals surface area contributed by atoms with Gasteiger partial charge in [-0.15, -0.1) is 11.3 Å². The quantitative estimate of drug-likeness (QED) is 0.197. The summed E-state index contributed by atoms with van der Waals surface area (Å²) in [6.45, 7) is 4.33. The van der Waals surface area contributed by atoms with E-state index in [0.29, 0.717) is 31.7 Å². The number of hydrogen-bond donors (Lipinski definition) is 0. The topological polar surface area (TPSA) is 53.5 Å². The molecule has 0 radical (unpaired) electrons. The number of aromatic nitrogens is 1. The molecule has 1 aliphatic rings. The fraction of sp³-hybridized carbons (Fsp3) is 0.206. The number of hydrogen-bond acceptors (Lipinski definition) is 5. The van der Waals surface area contributed by atoms with Crippen molar-refractivity contribution >= 4 is 38.9 Å². The van der Waals surface area contributed by atoms with Gasteiger partial charge in [0.25, 0.3) is 0 Å². The summed E-state index contributed by atoms with van der Waals surface area (Å²) in [7, 11) is 0. The number of Topliss-reactive ketones (excluding diaryl/α,β-unsaturated/α-hetero) is 1. The fourth-order valence-corrected chi connectivity index (χ4v) is 6.51. The zero-order valence-electron chi connectivity index (χ0n) is 23.1. The first-order valence-corrected chi connectivity index (χ1v) is 14.7. The Labute approximate surface area is 247 Å². The average molecular weight is 582 g/mol. The van der Waals surface area contributed by atoms with Gasteiger partial charge < -0.3 is 9.80 Å². The van der Waals surface area contributed by atoms with Gasteiger partial charge in [-0.1, -0.05) is 42.5 Å². The zero-order chi connectivity index (χ0) is 29.2. The van der Waals surface area contributed by atoms with Crippen molar-refractivity contribution in [2.24, 2.45) is 0 Å². The Morgan fingerprint density at radius 1 is 0.857 bits per heavy atom. The Hall–Kier alpha value is -4.43. The van der Waals surface area contributed by atoms with Gasteiger partial charge in [0, 0.05) is 43.5 Å². The number of pyridine rings is 1. The molecule has 0 atom stereocenters. The Kier molecular flexibility index (Phi) is 7.80. The van der Waals surface area contributed by atoms with E-state index < -0.39 is 0 Å². The highest BCUT2D eigenvalue weighted by molar-refractivity contribution is 7.21. The van der Waals surface area contributed by atoms with Crippen LogP contribution in [0.4, 0.5) is 14.6 Å². The number of carbonyl (C=O) groups excluding carboxylic acids is 2. The molecule has 0 N–H and O–H groups in total. The largest absolute Gasteiger partial charge is 0.353 e. The lowest BCUT2D eigenvalue weighted by atomic mass is 10.0. The molecule has 0 aliphatic carbocycles. The molecule has 0 saturated carbocycles. The van der Waals surface area contributed by atoms with Gasteiger partial charge in [0.05, 0.1) is 11.3 Å². The van der Waals surface area contributed by atoms with E-state index in [-0.39, 0.29) is 36.2 Å². The minimum Gasteiger partial charge on any atom is -0.353 e. The van der Waals surface area contributed by atoms with Crippen molar-refractivity contribution in [3.05, 3.63) is 118 Å².